The summed E-state index contributed by atoms with van der Waals surface area (Å²) in [6.45, 7) is 0. The van der Waals surface area contributed by atoms with Gasteiger partial charge in [-0.2, -0.15) is 0 Å². The molecule has 0 bridgehead atoms. The van der Waals surface area contributed by atoms with Crippen molar-refractivity contribution in [3.8, 4) is 98.1 Å². The smallest absolute Gasteiger partial charge is 0.360 e. The lowest BCUT2D eigenvalue weighted by molar-refractivity contribution is 0.0582. The number of nitrogens with zero attached hydrogens (tertiary/aromatic N) is 7. The summed E-state index contributed by atoms with van der Waals surface area (Å²) in [6, 6.07) is 31.1. The number of aromatic carboxylic acids is 2. The lowest BCUT2D eigenvalue weighted by Crippen LogP contribution is -2.12. The molecule has 6 heterocycles. The molecule has 6 aromatic carbocycles. The largest absolute Gasteiger partial charge is 0.491 e. The van der Waals surface area contributed by atoms with Crippen molar-refractivity contribution in [1.82, 2.24) is 34.9 Å². The molecule has 0 fully saturated rings. The molecule has 0 saturated carbocycles. The number of nitrogens with two attached hydrogens (primary N) is 6. The van der Waals surface area contributed by atoms with Crippen LogP contribution in [0.5, 0.6) is 5.75 Å². The van der Waals surface area contributed by atoms with E-state index in [-0.39, 0.29) is 142 Å². The molecule has 0 aliphatic rings. The van der Waals surface area contributed by atoms with Crippen molar-refractivity contribution in [2.75, 3.05) is 70.0 Å². The number of aromatic nitrogens is 7. The van der Waals surface area contributed by atoms with Gasteiger partial charge in [0, 0.05) is 47.0 Å². The molecular formula is C80H52Br3Cl6F7IN13O13. The highest BCUT2D eigenvalue weighted by Crippen LogP contribution is 2.40. The monoisotopic (exact) mass is 2110 g/mol. The van der Waals surface area contributed by atoms with E-state index in [0.29, 0.717) is 11.3 Å². The minimum atomic E-state index is -1.32. The number of nitrogen functional groups attached to an aromatic ring is 6. The van der Waals surface area contributed by atoms with Gasteiger partial charge in [0.05, 0.1) is 131 Å². The summed E-state index contributed by atoms with van der Waals surface area (Å²) in [5, 5.41) is 17.4. The van der Waals surface area contributed by atoms with Gasteiger partial charge in [-0.3, -0.25) is 0 Å². The minimum Gasteiger partial charge on any atom is -0.491 e. The van der Waals surface area contributed by atoms with Crippen molar-refractivity contribution >= 4 is 210 Å². The van der Waals surface area contributed by atoms with Crippen molar-refractivity contribution in [2.24, 2.45) is 0 Å². The van der Waals surface area contributed by atoms with Gasteiger partial charge in [-0.15, -0.1) is 12.8 Å². The van der Waals surface area contributed by atoms with Crippen molar-refractivity contribution in [2.45, 2.75) is 0 Å². The number of halogens is 17. The highest BCUT2D eigenvalue weighted by atomic mass is 127. The molecule has 0 atom stereocenters. The van der Waals surface area contributed by atoms with Gasteiger partial charge < -0.3 is 68.3 Å². The number of carbonyl (C=O) groups excluding carboxylic acids is 4. The Balaban J connectivity index is 0.000000203. The highest BCUT2D eigenvalue weighted by Gasteiger charge is 2.29. The number of rotatable bonds is 13. The van der Waals surface area contributed by atoms with Crippen molar-refractivity contribution in [1.29, 1.82) is 0 Å². The highest BCUT2D eigenvalue weighted by molar-refractivity contribution is 14.1. The molecule has 26 nitrogen and oxygen atoms in total. The molecule has 0 saturated heterocycles. The summed E-state index contributed by atoms with van der Waals surface area (Å²) in [5.74, 6) is -7.61. The Labute approximate surface area is 760 Å². The molecule has 12 rings (SSSR count). The van der Waals surface area contributed by atoms with Gasteiger partial charge in [-0.05, 0) is 158 Å². The van der Waals surface area contributed by atoms with Gasteiger partial charge in [0.2, 0.25) is 0 Å². The van der Waals surface area contributed by atoms with Crippen LogP contribution in [0.15, 0.2) is 141 Å². The number of carbonyl (C=O) groups is 6. The summed E-state index contributed by atoms with van der Waals surface area (Å²) >= 11 is 46.2. The number of terminal acetylenes is 2. The lowest BCUT2D eigenvalue weighted by atomic mass is 10.1. The van der Waals surface area contributed by atoms with Crippen LogP contribution in [0.25, 0.3) is 67.7 Å². The molecule has 14 N–H and O–H groups in total. The maximum atomic E-state index is 14.2. The molecule has 43 heteroatoms. The average Bonchev–Trinajstić information content (AvgIpc) is 0.791. The first-order valence-electron chi connectivity index (χ1n) is 33.1. The summed E-state index contributed by atoms with van der Waals surface area (Å²) < 4.78 is 122. The lowest BCUT2D eigenvalue weighted by Gasteiger charge is -2.11. The van der Waals surface area contributed by atoms with E-state index in [9.17, 15) is 59.5 Å². The molecular weight excluding hydrogens is 2060 g/mol. The van der Waals surface area contributed by atoms with E-state index in [1.54, 1.807) is 60.7 Å². The summed E-state index contributed by atoms with van der Waals surface area (Å²) in [6.07, 6.45) is 10.5. The third-order valence-electron chi connectivity index (χ3n) is 15.8. The van der Waals surface area contributed by atoms with Gasteiger partial charge >= 0.3 is 35.8 Å². The van der Waals surface area contributed by atoms with Gasteiger partial charge in [-0.25, -0.2) is 94.4 Å². The van der Waals surface area contributed by atoms with Gasteiger partial charge in [0.15, 0.2) is 69.0 Å². The average molecular weight is 2120 g/mol. The van der Waals surface area contributed by atoms with Crippen LogP contribution < -0.4 is 39.1 Å². The van der Waals surface area contributed by atoms with Crippen molar-refractivity contribution in [3.63, 3.8) is 0 Å². The van der Waals surface area contributed by atoms with Gasteiger partial charge in [-0.1, -0.05) is 122 Å². The van der Waals surface area contributed by atoms with Crippen molar-refractivity contribution in [3.05, 3.63) is 261 Å². The molecule has 0 unspecified atom stereocenters. The molecule has 0 amide bonds. The van der Waals surface area contributed by atoms with Crippen LogP contribution in [0.2, 0.25) is 30.1 Å². The Hall–Kier alpha value is -11.9. The molecule has 123 heavy (non-hydrogen) atoms. The summed E-state index contributed by atoms with van der Waals surface area (Å²) in [7, 11) is 5.90. The Morgan fingerprint density at radius 3 is 1.34 bits per heavy atom. The molecule has 12 aromatic rings. The number of anilines is 6. The number of pyridine rings is 5. The Kier molecular flexibility index (Phi) is 34.9. The first-order valence-corrected chi connectivity index (χ1v) is 38.8. The van der Waals surface area contributed by atoms with Crippen LogP contribution in [0.4, 0.5) is 65.0 Å². The molecule has 0 aliphatic heterocycles. The predicted molar refractivity (Wildman–Crippen MR) is 470 cm³/mol. The summed E-state index contributed by atoms with van der Waals surface area (Å²) in [5.41, 5.74) is 34.6. The van der Waals surface area contributed by atoms with E-state index < -0.39 is 104 Å². The van der Waals surface area contributed by atoms with E-state index in [2.05, 4.69) is 113 Å². The van der Waals surface area contributed by atoms with Crippen molar-refractivity contribution < 1.29 is 93.4 Å². The fourth-order valence-electron chi connectivity index (χ4n) is 9.82. The predicted octanol–water partition coefficient (Wildman–Crippen LogP) is 19.7. The zero-order valence-corrected chi connectivity index (χ0v) is 74.1. The van der Waals surface area contributed by atoms with Crippen LogP contribution in [0, 0.1) is 69.0 Å². The van der Waals surface area contributed by atoms with Crippen LogP contribution >= 0.6 is 140 Å². The Morgan fingerprint density at radius 2 is 0.829 bits per heavy atom. The molecule has 0 aliphatic carbocycles. The zero-order chi connectivity index (χ0) is 91.6. The third-order valence-corrected chi connectivity index (χ3v) is 20.6. The molecule has 0 spiro atoms. The number of carboxylic acid groups (broad SMARTS) is 2. The van der Waals surface area contributed by atoms with E-state index in [0.717, 1.165) is 58.7 Å². The molecule has 6 aromatic heterocycles. The zero-order valence-electron chi connectivity index (χ0n) is 62.7. The van der Waals surface area contributed by atoms with Crippen LogP contribution in [-0.2, 0) is 18.9 Å². The minimum absolute atomic E-state index is 0.00444. The number of hydrogen-bond donors (Lipinski definition) is 8. The van der Waals surface area contributed by atoms with E-state index >= 15 is 0 Å². The maximum Gasteiger partial charge on any atom is 0.360 e. The van der Waals surface area contributed by atoms with Gasteiger partial charge in [0.1, 0.15) is 29.0 Å². The normalized spacial score (nSPS) is 10.3. The second kappa shape index (κ2) is 43.7. The van der Waals surface area contributed by atoms with Crippen LogP contribution in [0.1, 0.15) is 74.1 Å². The third kappa shape index (κ3) is 23.7. The quantitative estimate of drug-likeness (QED) is 0.0101. The Bertz CT molecular complexity index is 6300. The number of ether oxygens (including phenoxy) is 5. The van der Waals surface area contributed by atoms with Gasteiger partial charge in [0.25, 0.3) is 0 Å². The second-order valence-electron chi connectivity index (χ2n) is 23.5. The van der Waals surface area contributed by atoms with E-state index in [4.69, 9.17) is 132 Å². The molecule has 634 valence electrons. The first kappa shape index (κ1) is 98.2. The number of methoxy groups -OCH3 is 5. The topological polar surface area (TPSA) is 435 Å². The van der Waals surface area contributed by atoms with E-state index in [1.807, 2.05) is 22.6 Å². The number of hydrogen-bond acceptors (Lipinski definition) is 24. The second-order valence-corrected chi connectivity index (χ2v) is 29.7. The molecule has 0 radical (unpaired) electrons. The first-order chi connectivity index (χ1) is 58.0. The maximum absolute atomic E-state index is 14.2. The van der Waals surface area contributed by atoms with E-state index in [1.165, 1.54) is 62.8 Å². The van der Waals surface area contributed by atoms with Crippen LogP contribution in [0.3, 0.4) is 0 Å². The standard InChI is InChI=1S/C15H9ClF2N2O2.C15H11ClN2O2.C13H8BrClF2N2O2.C13H10BrF2N3O3.C12H7BrCl2N2O2.C12H7ClFIN2O2/c1-3-7-4-5-8(9(17)6-7)13-11(18)12(19)10(16)14(20-13)15(21)22-2;1-3-9-4-6-10(7-5-9)12-8-11(17)13(16)14(18-12)15(19)20-2;1-21-13(20)12-11(15)9(18)4-10(19-12)5-2-8(17)6(14)3-7(5)16;1-21-10-9(13(20)22-2)18-12(19-11(10)17)5-3-4-6(14)8(16)7(5)15;13-6-3-1-5(2-4-6)10-7(14)9(16)8(15)11(17-10)12(18)19;13-10-8(16)4-9(17-11(10)12(18)19)6-2-1-5(15)3-7(6)14/h1,4-6H,2H3,(H2,19,20);1,4-8H,2H3,(H2,17,18);2-4H,1H3,(H2,18,19);3-4H,1-2H3,(H2,17,18,19);2*1-4H,(H2,16,17)(H,18,19). The SMILES string of the molecule is C#Cc1ccc(-c2cc(N)c(Cl)c(C(=O)OC)n2)cc1.C#Cc1ccc(-c2nc(C(=O)OC)c(Cl)c(N)c2F)c(F)c1.COC(=O)c1nc(-c2cc(F)c(Br)cc2F)cc(N)c1Cl.COC(=O)c1nc(-c2ccc(Br)c(F)c2F)nc(N)c1OC.Nc1c(Cl)c(C(=O)O)nc(-c2ccc(Br)cc2)c1Cl.Nc1cc(-c2ccc(I)cc2F)nc(C(=O)O)c1Cl. The fraction of sp³-hybridized carbons (Fsp3) is 0.0625. The number of esters is 4. The fourth-order valence-corrected chi connectivity index (χ4v) is 12.4. The van der Waals surface area contributed by atoms with Crippen LogP contribution in [-0.4, -0.2) is 116 Å². The Morgan fingerprint density at radius 1 is 0.398 bits per heavy atom. The number of benzene rings is 6. The summed E-state index contributed by atoms with van der Waals surface area (Å²) in [4.78, 5) is 95.9. The number of carboxylic acids is 2.